The molecule has 1 saturated heterocycles. The van der Waals surface area contributed by atoms with Gasteiger partial charge in [0.2, 0.25) is 0 Å². The van der Waals surface area contributed by atoms with Crippen molar-refractivity contribution >= 4 is 5.97 Å². The first kappa shape index (κ1) is 22.7. The van der Waals surface area contributed by atoms with Gasteiger partial charge in [-0.15, -0.1) is 0 Å². The number of esters is 1. The molecule has 33 heavy (non-hydrogen) atoms. The Balaban J connectivity index is 1.40. The molecule has 6 heteroatoms. The molecule has 0 unspecified atom stereocenters. The van der Waals surface area contributed by atoms with Crippen LogP contribution in [0.3, 0.4) is 0 Å². The number of aliphatic hydroxyl groups is 1. The van der Waals surface area contributed by atoms with Gasteiger partial charge < -0.3 is 19.3 Å². The molecule has 0 radical (unpaired) electrons. The van der Waals surface area contributed by atoms with Crippen LogP contribution in [0, 0.1) is 23.2 Å². The fourth-order valence-electron chi connectivity index (χ4n) is 6.97. The number of allylic oxidation sites excluding steroid dienone is 1. The van der Waals surface area contributed by atoms with Crippen LogP contribution in [-0.2, 0) is 16.0 Å². The molecule has 1 aromatic rings. The standard InChI is InChI=1S/C27H37NO5/c1-15-7-6-8-18-12-23-24(25(29)27(15,18)3)20(26(30)33-23)14-28-10-9-17-11-21(31-4)22(32-5)13-19(17)16(28)2/h8,11,13,15-16,20,23-25,29H,6-7,9-10,12,14H2,1-5H3/t15-,16+,20+,23-,24+,25-,27-/m1/s1. The minimum absolute atomic E-state index is 0.140. The summed E-state index contributed by atoms with van der Waals surface area (Å²) in [5, 5.41) is 11.6. The maximum atomic E-state index is 13.1. The van der Waals surface area contributed by atoms with Crippen LogP contribution in [-0.4, -0.2) is 55.5 Å². The van der Waals surface area contributed by atoms with Gasteiger partial charge in [0, 0.05) is 36.9 Å². The molecule has 1 N–H and O–H groups in total. The number of fused-ring (bicyclic) bond motifs is 3. The average Bonchev–Trinajstić information content (AvgIpc) is 3.11. The largest absolute Gasteiger partial charge is 0.493 e. The number of carbonyl (C=O) groups is 1. The molecule has 0 amide bonds. The van der Waals surface area contributed by atoms with Gasteiger partial charge in [0.05, 0.1) is 26.2 Å². The normalized spacial score (nSPS) is 38.0. The highest BCUT2D eigenvalue weighted by atomic mass is 16.6. The summed E-state index contributed by atoms with van der Waals surface area (Å²) in [4.78, 5) is 15.4. The van der Waals surface area contributed by atoms with Gasteiger partial charge in [-0.1, -0.05) is 25.5 Å². The predicted molar refractivity (Wildman–Crippen MR) is 125 cm³/mol. The van der Waals surface area contributed by atoms with E-state index in [9.17, 15) is 9.90 Å². The van der Waals surface area contributed by atoms with Crippen molar-refractivity contribution in [1.29, 1.82) is 0 Å². The van der Waals surface area contributed by atoms with Crippen LogP contribution in [0.4, 0.5) is 0 Å². The van der Waals surface area contributed by atoms with Crippen LogP contribution >= 0.6 is 0 Å². The molecular formula is C27H37NO5. The Morgan fingerprint density at radius 2 is 1.94 bits per heavy atom. The van der Waals surface area contributed by atoms with Crippen molar-refractivity contribution in [3.8, 4) is 11.5 Å². The Kier molecular flexibility index (Phi) is 5.73. The van der Waals surface area contributed by atoms with Crippen LogP contribution in [0.1, 0.15) is 57.2 Å². The zero-order chi connectivity index (χ0) is 23.5. The van der Waals surface area contributed by atoms with Gasteiger partial charge in [-0.05, 0) is 55.4 Å². The van der Waals surface area contributed by atoms with Crippen molar-refractivity contribution in [2.24, 2.45) is 23.2 Å². The summed E-state index contributed by atoms with van der Waals surface area (Å²) in [5.41, 5.74) is 3.49. The summed E-state index contributed by atoms with van der Waals surface area (Å²) in [7, 11) is 3.32. The number of nitrogens with zero attached hydrogens (tertiary/aromatic N) is 1. The molecule has 180 valence electrons. The van der Waals surface area contributed by atoms with Crippen LogP contribution in [0.2, 0.25) is 0 Å². The van der Waals surface area contributed by atoms with E-state index < -0.39 is 6.10 Å². The number of hydrogen-bond donors (Lipinski definition) is 1. The Hall–Kier alpha value is -2.05. The van der Waals surface area contributed by atoms with Gasteiger partial charge in [-0.25, -0.2) is 0 Å². The van der Waals surface area contributed by atoms with E-state index >= 15 is 0 Å². The molecular weight excluding hydrogens is 418 g/mol. The second-order valence-electron chi connectivity index (χ2n) is 10.6. The Labute approximate surface area is 196 Å². The minimum Gasteiger partial charge on any atom is -0.493 e. The van der Waals surface area contributed by atoms with E-state index in [0.29, 0.717) is 12.5 Å². The molecule has 2 aliphatic carbocycles. The molecule has 2 fully saturated rings. The lowest BCUT2D eigenvalue weighted by Crippen LogP contribution is -2.55. The van der Waals surface area contributed by atoms with Crippen LogP contribution < -0.4 is 9.47 Å². The van der Waals surface area contributed by atoms with Crippen molar-refractivity contribution in [2.75, 3.05) is 27.3 Å². The number of aliphatic hydroxyl groups excluding tert-OH is 1. The van der Waals surface area contributed by atoms with Crippen molar-refractivity contribution < 1.29 is 24.1 Å². The quantitative estimate of drug-likeness (QED) is 0.549. The molecule has 0 bridgehead atoms. The van der Waals surface area contributed by atoms with E-state index in [1.807, 2.05) is 0 Å². The molecule has 4 aliphatic rings. The van der Waals surface area contributed by atoms with E-state index in [1.54, 1.807) is 14.2 Å². The van der Waals surface area contributed by atoms with Crippen molar-refractivity contribution in [3.63, 3.8) is 0 Å². The van der Waals surface area contributed by atoms with E-state index in [-0.39, 0.29) is 35.4 Å². The smallest absolute Gasteiger partial charge is 0.311 e. The molecule has 6 nitrogen and oxygen atoms in total. The van der Waals surface area contributed by atoms with Crippen molar-refractivity contribution in [2.45, 2.75) is 64.7 Å². The van der Waals surface area contributed by atoms with Gasteiger partial charge >= 0.3 is 5.97 Å². The van der Waals surface area contributed by atoms with Crippen LogP contribution in [0.15, 0.2) is 23.8 Å². The van der Waals surface area contributed by atoms with Gasteiger partial charge in [-0.2, -0.15) is 0 Å². The number of carbonyl (C=O) groups excluding carboxylic acids is 1. The van der Waals surface area contributed by atoms with Gasteiger partial charge in [0.1, 0.15) is 6.10 Å². The summed E-state index contributed by atoms with van der Waals surface area (Å²) in [6, 6.07) is 4.28. The highest BCUT2D eigenvalue weighted by Gasteiger charge is 2.60. The predicted octanol–water partition coefficient (Wildman–Crippen LogP) is 3.91. The van der Waals surface area contributed by atoms with Crippen molar-refractivity contribution in [3.05, 3.63) is 34.9 Å². The first-order chi connectivity index (χ1) is 15.8. The average molecular weight is 456 g/mol. The third-order valence-electron chi connectivity index (χ3n) is 9.31. The van der Waals surface area contributed by atoms with E-state index in [0.717, 1.165) is 43.7 Å². The van der Waals surface area contributed by atoms with Crippen LogP contribution in [0.25, 0.3) is 0 Å². The molecule has 1 saturated carbocycles. The van der Waals surface area contributed by atoms with E-state index in [4.69, 9.17) is 14.2 Å². The maximum Gasteiger partial charge on any atom is 0.311 e. The lowest BCUT2D eigenvalue weighted by Gasteiger charge is -2.52. The molecule has 7 atom stereocenters. The van der Waals surface area contributed by atoms with Crippen LogP contribution in [0.5, 0.6) is 11.5 Å². The fourth-order valence-corrected chi connectivity index (χ4v) is 6.97. The Morgan fingerprint density at radius 3 is 2.67 bits per heavy atom. The SMILES string of the molecule is COc1cc2c(cc1OC)[C@H](C)N(C[C@@H]1C(=O)O[C@@H]3CC4=CCC[C@@H](C)[C@@]4(C)[C@H](O)[C@@H]13)CC2. The number of methoxy groups -OCH3 is 2. The highest BCUT2D eigenvalue weighted by molar-refractivity contribution is 5.76. The third-order valence-corrected chi connectivity index (χ3v) is 9.31. The zero-order valence-electron chi connectivity index (χ0n) is 20.5. The maximum absolute atomic E-state index is 13.1. The molecule has 0 aromatic heterocycles. The number of rotatable bonds is 4. The zero-order valence-corrected chi connectivity index (χ0v) is 20.5. The molecule has 5 rings (SSSR count). The first-order valence-electron chi connectivity index (χ1n) is 12.4. The molecule has 0 spiro atoms. The summed E-state index contributed by atoms with van der Waals surface area (Å²) in [6.07, 6.45) is 5.29. The monoisotopic (exact) mass is 455 g/mol. The summed E-state index contributed by atoms with van der Waals surface area (Å²) in [6.45, 7) is 8.09. The summed E-state index contributed by atoms with van der Waals surface area (Å²) >= 11 is 0. The lowest BCUT2D eigenvalue weighted by molar-refractivity contribution is -0.145. The summed E-state index contributed by atoms with van der Waals surface area (Å²) in [5.74, 6) is 1.27. The topological polar surface area (TPSA) is 68.2 Å². The minimum atomic E-state index is -0.564. The van der Waals surface area contributed by atoms with Gasteiger partial charge in [0.15, 0.2) is 11.5 Å². The second-order valence-corrected chi connectivity index (χ2v) is 10.6. The third kappa shape index (κ3) is 3.40. The highest BCUT2D eigenvalue weighted by Crippen LogP contribution is 2.56. The van der Waals surface area contributed by atoms with Crippen molar-refractivity contribution in [1.82, 2.24) is 4.90 Å². The lowest BCUT2D eigenvalue weighted by atomic mass is 9.55. The second kappa shape index (κ2) is 8.31. The molecule has 2 heterocycles. The summed E-state index contributed by atoms with van der Waals surface area (Å²) < 4.78 is 16.9. The molecule has 2 aliphatic heterocycles. The first-order valence-corrected chi connectivity index (χ1v) is 12.4. The Bertz CT molecular complexity index is 974. The number of hydrogen-bond acceptors (Lipinski definition) is 6. The van der Waals surface area contributed by atoms with Gasteiger partial charge in [0.25, 0.3) is 0 Å². The van der Waals surface area contributed by atoms with E-state index in [2.05, 4.69) is 43.9 Å². The number of benzene rings is 1. The number of ether oxygens (including phenoxy) is 3. The van der Waals surface area contributed by atoms with E-state index in [1.165, 1.54) is 16.7 Å². The Morgan fingerprint density at radius 1 is 1.21 bits per heavy atom. The van der Waals surface area contributed by atoms with Gasteiger partial charge in [-0.3, -0.25) is 9.69 Å². The fraction of sp³-hybridized carbons (Fsp3) is 0.667. The molecule has 1 aromatic carbocycles.